The standard InChI is InChI=1S/C18H20N2O4S/c1-13-12-20(14(2)21)17-10-16(8-9-18(17)24-13)25(22,23)19-11-15-6-4-3-5-7-15/h3-10,13,19H,11-12H2,1-2H3. The number of benzene rings is 2. The zero-order valence-electron chi connectivity index (χ0n) is 14.1. The zero-order valence-corrected chi connectivity index (χ0v) is 14.9. The van der Waals surface area contributed by atoms with Crippen LogP contribution in [-0.2, 0) is 21.4 Å². The van der Waals surface area contributed by atoms with E-state index in [4.69, 9.17) is 4.74 Å². The molecule has 0 saturated carbocycles. The van der Waals surface area contributed by atoms with Crippen LogP contribution < -0.4 is 14.4 Å². The van der Waals surface area contributed by atoms with Crippen molar-refractivity contribution in [2.45, 2.75) is 31.4 Å². The van der Waals surface area contributed by atoms with Gasteiger partial charge >= 0.3 is 0 Å². The van der Waals surface area contributed by atoms with E-state index in [1.807, 2.05) is 37.3 Å². The van der Waals surface area contributed by atoms with Crippen LogP contribution in [0, 0.1) is 0 Å². The average molecular weight is 360 g/mol. The Morgan fingerprint density at radius 3 is 2.64 bits per heavy atom. The number of carbonyl (C=O) groups excluding carboxylic acids is 1. The average Bonchev–Trinajstić information content (AvgIpc) is 2.59. The fourth-order valence-corrected chi connectivity index (χ4v) is 3.78. The minimum absolute atomic E-state index is 0.103. The van der Waals surface area contributed by atoms with Crippen LogP contribution in [0.3, 0.4) is 0 Å². The van der Waals surface area contributed by atoms with E-state index in [9.17, 15) is 13.2 Å². The highest BCUT2D eigenvalue weighted by molar-refractivity contribution is 7.89. The second-order valence-electron chi connectivity index (χ2n) is 6.00. The molecule has 1 heterocycles. The van der Waals surface area contributed by atoms with Gasteiger partial charge in [-0.05, 0) is 30.7 Å². The molecule has 0 saturated heterocycles. The van der Waals surface area contributed by atoms with Crippen LogP contribution in [0.25, 0.3) is 0 Å². The van der Waals surface area contributed by atoms with Gasteiger partial charge in [0.1, 0.15) is 11.9 Å². The summed E-state index contributed by atoms with van der Waals surface area (Å²) in [7, 11) is -3.70. The van der Waals surface area contributed by atoms with E-state index < -0.39 is 10.0 Å². The Hall–Kier alpha value is -2.38. The Kier molecular flexibility index (Phi) is 4.78. The van der Waals surface area contributed by atoms with Gasteiger partial charge in [-0.2, -0.15) is 0 Å². The molecule has 1 aliphatic rings. The molecule has 1 aliphatic heterocycles. The molecule has 1 unspecified atom stereocenters. The molecule has 0 aliphatic carbocycles. The molecule has 1 amide bonds. The second kappa shape index (κ2) is 6.85. The number of hydrogen-bond acceptors (Lipinski definition) is 4. The van der Waals surface area contributed by atoms with Crippen molar-refractivity contribution in [3.8, 4) is 5.75 Å². The molecule has 0 spiro atoms. The highest BCUT2D eigenvalue weighted by atomic mass is 32.2. The number of carbonyl (C=O) groups is 1. The predicted octanol–water partition coefficient (Wildman–Crippen LogP) is 2.30. The van der Waals surface area contributed by atoms with E-state index in [1.165, 1.54) is 19.1 Å². The largest absolute Gasteiger partial charge is 0.487 e. The van der Waals surface area contributed by atoms with Crippen molar-refractivity contribution in [2.75, 3.05) is 11.4 Å². The van der Waals surface area contributed by atoms with Gasteiger partial charge in [0, 0.05) is 13.5 Å². The maximum Gasteiger partial charge on any atom is 0.240 e. The van der Waals surface area contributed by atoms with Crippen molar-refractivity contribution in [1.29, 1.82) is 0 Å². The van der Waals surface area contributed by atoms with Gasteiger partial charge in [-0.15, -0.1) is 0 Å². The number of nitrogens with zero attached hydrogens (tertiary/aromatic N) is 1. The van der Waals surface area contributed by atoms with Crippen LogP contribution in [0.1, 0.15) is 19.4 Å². The van der Waals surface area contributed by atoms with E-state index in [0.717, 1.165) is 5.56 Å². The van der Waals surface area contributed by atoms with Crippen molar-refractivity contribution < 1.29 is 17.9 Å². The van der Waals surface area contributed by atoms with E-state index >= 15 is 0 Å². The number of anilines is 1. The molecule has 0 fully saturated rings. The summed E-state index contributed by atoms with van der Waals surface area (Å²) in [6, 6.07) is 13.8. The lowest BCUT2D eigenvalue weighted by Crippen LogP contribution is -2.41. The predicted molar refractivity (Wildman–Crippen MR) is 95.0 cm³/mol. The molecule has 1 atom stereocenters. The van der Waals surface area contributed by atoms with E-state index in [-0.39, 0.29) is 23.5 Å². The Morgan fingerprint density at radius 2 is 1.96 bits per heavy atom. The third-order valence-corrected chi connectivity index (χ3v) is 5.39. The summed E-state index contributed by atoms with van der Waals surface area (Å²) in [6.45, 7) is 3.91. The van der Waals surface area contributed by atoms with Gasteiger partial charge in [0.15, 0.2) is 0 Å². The van der Waals surface area contributed by atoms with Crippen molar-refractivity contribution in [3.05, 3.63) is 54.1 Å². The lowest BCUT2D eigenvalue weighted by molar-refractivity contribution is -0.117. The minimum Gasteiger partial charge on any atom is -0.487 e. The molecule has 3 rings (SSSR count). The van der Waals surface area contributed by atoms with Gasteiger partial charge in [0.2, 0.25) is 15.9 Å². The molecule has 0 radical (unpaired) electrons. The van der Waals surface area contributed by atoms with Crippen LogP contribution >= 0.6 is 0 Å². The number of rotatable bonds is 4. The first-order valence-electron chi connectivity index (χ1n) is 7.99. The first-order chi connectivity index (χ1) is 11.9. The summed E-state index contributed by atoms with van der Waals surface area (Å²) < 4.78 is 33.4. The van der Waals surface area contributed by atoms with E-state index in [0.29, 0.717) is 18.0 Å². The molecule has 6 nitrogen and oxygen atoms in total. The normalized spacial score (nSPS) is 16.9. The van der Waals surface area contributed by atoms with Crippen LogP contribution in [0.5, 0.6) is 5.75 Å². The Bertz CT molecular complexity index is 881. The zero-order chi connectivity index (χ0) is 18.0. The molecule has 0 bridgehead atoms. The SMILES string of the molecule is CC(=O)N1CC(C)Oc2ccc(S(=O)(=O)NCc3ccccc3)cc21. The van der Waals surface area contributed by atoms with Crippen molar-refractivity contribution in [1.82, 2.24) is 4.72 Å². The number of hydrogen-bond donors (Lipinski definition) is 1. The van der Waals surface area contributed by atoms with Crippen LogP contribution in [0.4, 0.5) is 5.69 Å². The quantitative estimate of drug-likeness (QED) is 0.908. The fourth-order valence-electron chi connectivity index (χ4n) is 2.74. The maximum absolute atomic E-state index is 12.6. The van der Waals surface area contributed by atoms with Gasteiger partial charge in [-0.3, -0.25) is 4.79 Å². The summed E-state index contributed by atoms with van der Waals surface area (Å²) in [6.07, 6.45) is -0.143. The summed E-state index contributed by atoms with van der Waals surface area (Å²) in [5.74, 6) is 0.360. The van der Waals surface area contributed by atoms with Gasteiger partial charge in [0.05, 0.1) is 17.1 Å². The summed E-state index contributed by atoms with van der Waals surface area (Å²) in [5, 5.41) is 0. The van der Waals surface area contributed by atoms with E-state index in [1.54, 1.807) is 11.0 Å². The van der Waals surface area contributed by atoms with Gasteiger partial charge in [-0.25, -0.2) is 13.1 Å². The molecule has 0 aromatic heterocycles. The van der Waals surface area contributed by atoms with Gasteiger partial charge in [-0.1, -0.05) is 30.3 Å². The lowest BCUT2D eigenvalue weighted by Gasteiger charge is -2.33. The summed E-state index contributed by atoms with van der Waals surface area (Å²) in [5.41, 5.74) is 1.35. The summed E-state index contributed by atoms with van der Waals surface area (Å²) >= 11 is 0. The highest BCUT2D eigenvalue weighted by Crippen LogP contribution is 2.35. The molecular formula is C18H20N2O4S. The third-order valence-electron chi connectivity index (χ3n) is 3.99. The monoisotopic (exact) mass is 360 g/mol. The molecule has 2 aromatic rings. The van der Waals surface area contributed by atoms with Crippen LogP contribution in [0.15, 0.2) is 53.4 Å². The van der Waals surface area contributed by atoms with Gasteiger partial charge < -0.3 is 9.64 Å². The van der Waals surface area contributed by atoms with E-state index in [2.05, 4.69) is 4.72 Å². The number of ether oxygens (including phenoxy) is 1. The van der Waals surface area contributed by atoms with Gasteiger partial charge in [0.25, 0.3) is 0 Å². The topological polar surface area (TPSA) is 75.7 Å². The Labute approximate surface area is 147 Å². The minimum atomic E-state index is -3.70. The smallest absolute Gasteiger partial charge is 0.240 e. The second-order valence-corrected chi connectivity index (χ2v) is 7.76. The first-order valence-corrected chi connectivity index (χ1v) is 9.47. The molecule has 25 heavy (non-hydrogen) atoms. The van der Waals surface area contributed by atoms with Crippen molar-refractivity contribution in [2.24, 2.45) is 0 Å². The van der Waals surface area contributed by atoms with Crippen molar-refractivity contribution in [3.63, 3.8) is 0 Å². The molecule has 7 heteroatoms. The maximum atomic E-state index is 12.6. The molecular weight excluding hydrogens is 340 g/mol. The van der Waals surface area contributed by atoms with Crippen LogP contribution in [0.2, 0.25) is 0 Å². The summed E-state index contributed by atoms with van der Waals surface area (Å²) in [4.78, 5) is 13.5. The number of nitrogens with one attached hydrogen (secondary N) is 1. The number of sulfonamides is 1. The molecule has 2 aromatic carbocycles. The number of fused-ring (bicyclic) bond motifs is 1. The van der Waals surface area contributed by atoms with Crippen molar-refractivity contribution >= 4 is 21.6 Å². The molecule has 132 valence electrons. The third kappa shape index (κ3) is 3.83. The lowest BCUT2D eigenvalue weighted by atomic mass is 10.2. The first kappa shape index (κ1) is 17.4. The highest BCUT2D eigenvalue weighted by Gasteiger charge is 2.27. The Morgan fingerprint density at radius 1 is 1.24 bits per heavy atom. The molecule has 1 N–H and O–H groups in total. The Balaban J connectivity index is 1.87. The van der Waals surface area contributed by atoms with Crippen LogP contribution in [-0.4, -0.2) is 27.0 Å². The number of amides is 1. The fraction of sp³-hybridized carbons (Fsp3) is 0.278.